The second kappa shape index (κ2) is 6.45. The number of aromatic nitrogens is 4. The molecule has 2 heterocycles. The van der Waals surface area contributed by atoms with Gasteiger partial charge in [0.25, 0.3) is 11.8 Å². The first-order chi connectivity index (χ1) is 13.0. The summed E-state index contributed by atoms with van der Waals surface area (Å²) in [7, 11) is 0. The number of carbonyl (C=O) groups is 3. The molecule has 0 aliphatic carbocycles. The molecule has 0 fully saturated rings. The fourth-order valence-electron chi connectivity index (χ4n) is 2.99. The molecule has 4 rings (SSSR count). The molecule has 9 heteroatoms. The molecular formula is C18H14N6O3. The molecule has 0 spiro atoms. The van der Waals surface area contributed by atoms with Crippen LogP contribution in [0.15, 0.2) is 48.8 Å². The molecule has 0 bridgehead atoms. The first-order valence-electron chi connectivity index (χ1n) is 8.13. The molecular weight excluding hydrogens is 348 g/mol. The van der Waals surface area contributed by atoms with Gasteiger partial charge in [0, 0.05) is 5.69 Å². The highest BCUT2D eigenvalue weighted by Gasteiger charge is 2.36. The van der Waals surface area contributed by atoms with Gasteiger partial charge < -0.3 is 5.32 Å². The number of hydrogen-bond acceptors (Lipinski definition) is 6. The van der Waals surface area contributed by atoms with E-state index in [4.69, 9.17) is 0 Å². The van der Waals surface area contributed by atoms with Gasteiger partial charge in [0.2, 0.25) is 5.91 Å². The molecule has 1 aliphatic heterocycles. The van der Waals surface area contributed by atoms with E-state index < -0.39 is 17.7 Å². The number of tetrazole rings is 1. The average Bonchev–Trinajstić information content (AvgIpc) is 3.26. The first kappa shape index (κ1) is 16.6. The van der Waals surface area contributed by atoms with E-state index in [1.165, 1.54) is 11.0 Å². The van der Waals surface area contributed by atoms with Crippen molar-refractivity contribution in [3.8, 4) is 5.69 Å². The highest BCUT2D eigenvalue weighted by Crippen LogP contribution is 2.22. The van der Waals surface area contributed by atoms with E-state index in [0.29, 0.717) is 16.8 Å². The number of rotatable bonds is 4. The Hall–Kier alpha value is -3.88. The summed E-state index contributed by atoms with van der Waals surface area (Å²) in [5.41, 5.74) is 2.80. The molecule has 1 aromatic heterocycles. The van der Waals surface area contributed by atoms with Crippen LogP contribution in [-0.4, -0.2) is 49.4 Å². The van der Waals surface area contributed by atoms with E-state index in [1.54, 1.807) is 42.5 Å². The van der Waals surface area contributed by atoms with E-state index in [1.807, 2.05) is 6.92 Å². The maximum atomic E-state index is 12.3. The lowest BCUT2D eigenvalue weighted by Gasteiger charge is -2.14. The van der Waals surface area contributed by atoms with Gasteiger partial charge in [-0.2, -0.15) is 0 Å². The summed E-state index contributed by atoms with van der Waals surface area (Å²) < 4.78 is 1.51. The lowest BCUT2D eigenvalue weighted by atomic mass is 10.1. The van der Waals surface area contributed by atoms with Crippen molar-refractivity contribution < 1.29 is 14.4 Å². The SMILES string of the molecule is Cc1cc(NC(=O)CN2C(=O)c3ccccc3C2=O)ccc1-n1cnnn1. The number of anilines is 1. The predicted octanol–water partition coefficient (Wildman–Crippen LogP) is 1.21. The molecule has 1 aliphatic rings. The highest BCUT2D eigenvalue weighted by molar-refractivity contribution is 6.22. The van der Waals surface area contributed by atoms with Gasteiger partial charge in [-0.15, -0.1) is 5.10 Å². The zero-order valence-electron chi connectivity index (χ0n) is 14.3. The van der Waals surface area contributed by atoms with Crippen LogP contribution in [0.3, 0.4) is 0 Å². The number of nitrogens with zero attached hydrogens (tertiary/aromatic N) is 5. The van der Waals surface area contributed by atoms with Crippen LogP contribution < -0.4 is 5.32 Å². The van der Waals surface area contributed by atoms with Crippen LogP contribution in [0.5, 0.6) is 0 Å². The largest absolute Gasteiger partial charge is 0.325 e. The number of imide groups is 1. The van der Waals surface area contributed by atoms with E-state index in [2.05, 4.69) is 20.8 Å². The maximum absolute atomic E-state index is 12.3. The molecule has 3 aromatic rings. The zero-order valence-corrected chi connectivity index (χ0v) is 14.3. The third-order valence-electron chi connectivity index (χ3n) is 4.26. The second-order valence-corrected chi connectivity index (χ2v) is 6.05. The van der Waals surface area contributed by atoms with Crippen molar-refractivity contribution >= 4 is 23.4 Å². The lowest BCUT2D eigenvalue weighted by molar-refractivity contribution is -0.116. The van der Waals surface area contributed by atoms with Crippen molar-refractivity contribution in [2.24, 2.45) is 0 Å². The monoisotopic (exact) mass is 362 g/mol. The van der Waals surface area contributed by atoms with Crippen LogP contribution in [0.4, 0.5) is 5.69 Å². The van der Waals surface area contributed by atoms with Crippen LogP contribution >= 0.6 is 0 Å². The summed E-state index contributed by atoms with van der Waals surface area (Å²) in [6, 6.07) is 11.7. The van der Waals surface area contributed by atoms with Gasteiger partial charge in [0.15, 0.2) is 0 Å². The molecule has 0 saturated heterocycles. The predicted molar refractivity (Wildman–Crippen MR) is 94.3 cm³/mol. The number of carbonyl (C=O) groups excluding carboxylic acids is 3. The van der Waals surface area contributed by atoms with Gasteiger partial charge in [-0.1, -0.05) is 12.1 Å². The maximum Gasteiger partial charge on any atom is 0.262 e. The summed E-state index contributed by atoms with van der Waals surface area (Å²) in [5, 5.41) is 13.7. The Labute approximate surface area is 153 Å². The van der Waals surface area contributed by atoms with Crippen molar-refractivity contribution in [2.75, 3.05) is 11.9 Å². The highest BCUT2D eigenvalue weighted by atomic mass is 16.2. The van der Waals surface area contributed by atoms with Crippen LogP contribution in [-0.2, 0) is 4.79 Å². The summed E-state index contributed by atoms with van der Waals surface area (Å²) in [5.74, 6) is -1.38. The lowest BCUT2D eigenvalue weighted by Crippen LogP contribution is -2.37. The minimum atomic E-state index is -0.462. The molecule has 3 amide bonds. The van der Waals surface area contributed by atoms with Crippen LogP contribution in [0.1, 0.15) is 26.3 Å². The minimum absolute atomic E-state index is 0.317. The fourth-order valence-corrected chi connectivity index (χ4v) is 2.99. The third-order valence-corrected chi connectivity index (χ3v) is 4.26. The normalized spacial score (nSPS) is 13.0. The van der Waals surface area contributed by atoms with Crippen LogP contribution in [0.25, 0.3) is 5.69 Å². The minimum Gasteiger partial charge on any atom is -0.325 e. The molecule has 2 aromatic carbocycles. The van der Waals surface area contributed by atoms with E-state index >= 15 is 0 Å². The van der Waals surface area contributed by atoms with Crippen molar-refractivity contribution in [2.45, 2.75) is 6.92 Å². The number of hydrogen-bond donors (Lipinski definition) is 1. The zero-order chi connectivity index (χ0) is 19.0. The second-order valence-electron chi connectivity index (χ2n) is 6.05. The standard InChI is InChI=1S/C18H14N6O3/c1-11-8-12(6-7-15(11)24-10-19-21-22-24)20-16(25)9-23-17(26)13-4-2-3-5-14(13)18(23)27/h2-8,10H,9H2,1H3,(H,20,25). The Balaban J connectivity index is 1.47. The molecule has 0 radical (unpaired) electrons. The van der Waals surface area contributed by atoms with Crippen molar-refractivity contribution in [3.05, 3.63) is 65.5 Å². The molecule has 0 atom stereocenters. The molecule has 9 nitrogen and oxygen atoms in total. The molecule has 0 saturated carbocycles. The molecule has 1 N–H and O–H groups in total. The summed E-state index contributed by atoms with van der Waals surface area (Å²) in [6.45, 7) is 1.51. The number of amides is 3. The Bertz CT molecular complexity index is 1030. The van der Waals surface area contributed by atoms with Crippen molar-refractivity contribution in [1.82, 2.24) is 25.1 Å². The Morgan fingerprint density at radius 2 is 1.78 bits per heavy atom. The first-order valence-corrected chi connectivity index (χ1v) is 8.13. The molecule has 0 unspecified atom stereocenters. The van der Waals surface area contributed by atoms with E-state index in [0.717, 1.165) is 16.2 Å². The summed E-state index contributed by atoms with van der Waals surface area (Å²) >= 11 is 0. The molecule has 27 heavy (non-hydrogen) atoms. The Kier molecular flexibility index (Phi) is 3.96. The van der Waals surface area contributed by atoms with Crippen molar-refractivity contribution in [3.63, 3.8) is 0 Å². The smallest absolute Gasteiger partial charge is 0.262 e. The van der Waals surface area contributed by atoms with Gasteiger partial charge in [0.1, 0.15) is 12.9 Å². The number of nitrogens with one attached hydrogen (secondary N) is 1. The van der Waals surface area contributed by atoms with Gasteiger partial charge in [0.05, 0.1) is 16.8 Å². The topological polar surface area (TPSA) is 110 Å². The average molecular weight is 362 g/mol. The summed E-state index contributed by atoms with van der Waals surface area (Å²) in [4.78, 5) is 37.9. The fraction of sp³-hybridized carbons (Fsp3) is 0.111. The number of benzene rings is 2. The Morgan fingerprint density at radius 1 is 1.07 bits per heavy atom. The third kappa shape index (κ3) is 2.95. The number of aryl methyl sites for hydroxylation is 1. The van der Waals surface area contributed by atoms with Gasteiger partial charge >= 0.3 is 0 Å². The van der Waals surface area contributed by atoms with Crippen molar-refractivity contribution in [1.29, 1.82) is 0 Å². The Morgan fingerprint density at radius 3 is 2.37 bits per heavy atom. The van der Waals surface area contributed by atoms with Gasteiger partial charge in [-0.05, 0) is 53.2 Å². The van der Waals surface area contributed by atoms with Gasteiger partial charge in [-0.3, -0.25) is 19.3 Å². The quantitative estimate of drug-likeness (QED) is 0.699. The number of fused-ring (bicyclic) bond motifs is 1. The van der Waals surface area contributed by atoms with E-state index in [-0.39, 0.29) is 6.54 Å². The van der Waals surface area contributed by atoms with Crippen LogP contribution in [0.2, 0.25) is 0 Å². The van der Waals surface area contributed by atoms with Crippen LogP contribution in [0, 0.1) is 6.92 Å². The molecule has 134 valence electrons. The van der Waals surface area contributed by atoms with Gasteiger partial charge in [-0.25, -0.2) is 4.68 Å². The summed E-state index contributed by atoms with van der Waals surface area (Å²) in [6.07, 6.45) is 1.48. The van der Waals surface area contributed by atoms with E-state index in [9.17, 15) is 14.4 Å².